The average molecular weight is 449 g/mol. The van der Waals surface area contributed by atoms with Crippen LogP contribution in [-0.2, 0) is 16.0 Å². The van der Waals surface area contributed by atoms with E-state index in [0.717, 1.165) is 16.7 Å². The van der Waals surface area contributed by atoms with Crippen molar-refractivity contribution < 1.29 is 28.2 Å². The van der Waals surface area contributed by atoms with Gasteiger partial charge in [0.2, 0.25) is 0 Å². The minimum absolute atomic E-state index is 0.203. The molecule has 33 heavy (non-hydrogen) atoms. The van der Waals surface area contributed by atoms with Crippen LogP contribution >= 0.6 is 0 Å². The van der Waals surface area contributed by atoms with Crippen molar-refractivity contribution in [1.29, 1.82) is 0 Å². The summed E-state index contributed by atoms with van der Waals surface area (Å²) in [4.78, 5) is 27.2. The number of fused-ring (bicyclic) bond motifs is 1. The fourth-order valence-electron chi connectivity index (χ4n) is 4.12. The number of hydrogen-bond donors (Lipinski definition) is 0. The van der Waals surface area contributed by atoms with Crippen molar-refractivity contribution in [3.8, 4) is 11.5 Å². The fraction of sp³-hybridized carbons (Fsp3) is 0.231. The van der Waals surface area contributed by atoms with Gasteiger partial charge in [0.15, 0.2) is 18.1 Å². The number of methoxy groups -OCH3 is 2. The Morgan fingerprint density at radius 1 is 0.970 bits per heavy atom. The van der Waals surface area contributed by atoms with E-state index in [-0.39, 0.29) is 11.5 Å². The summed E-state index contributed by atoms with van der Waals surface area (Å²) in [5.41, 5.74) is 2.68. The predicted molar refractivity (Wildman–Crippen MR) is 120 cm³/mol. The molecule has 3 aromatic rings. The van der Waals surface area contributed by atoms with E-state index in [0.29, 0.717) is 24.5 Å². The number of carbonyl (C=O) groups excluding carboxylic acids is 2. The zero-order valence-electron chi connectivity index (χ0n) is 18.4. The first kappa shape index (κ1) is 22.3. The third-order valence-electron chi connectivity index (χ3n) is 5.73. The van der Waals surface area contributed by atoms with Gasteiger partial charge in [-0.05, 0) is 47.4 Å². The first-order valence-corrected chi connectivity index (χ1v) is 10.5. The molecule has 1 aliphatic rings. The maximum atomic E-state index is 13.9. The minimum atomic E-state index is -0.874. The summed E-state index contributed by atoms with van der Waals surface area (Å²) in [6.45, 7) is -0.0583. The normalized spacial score (nSPS) is 14.9. The van der Waals surface area contributed by atoms with Crippen molar-refractivity contribution in [2.24, 2.45) is 0 Å². The first-order valence-electron chi connectivity index (χ1n) is 10.5. The number of esters is 1. The molecule has 1 atom stereocenters. The number of amides is 1. The van der Waals surface area contributed by atoms with Gasteiger partial charge in [-0.2, -0.15) is 0 Å². The molecule has 7 heteroatoms. The molecule has 0 spiro atoms. The van der Waals surface area contributed by atoms with Gasteiger partial charge in [-0.25, -0.2) is 9.18 Å². The highest BCUT2D eigenvalue weighted by Gasteiger charge is 2.33. The van der Waals surface area contributed by atoms with Crippen LogP contribution in [0.4, 0.5) is 4.39 Å². The summed E-state index contributed by atoms with van der Waals surface area (Å²) >= 11 is 0. The second kappa shape index (κ2) is 9.73. The zero-order chi connectivity index (χ0) is 23.4. The topological polar surface area (TPSA) is 65.1 Å². The molecule has 1 heterocycles. The average Bonchev–Trinajstić information content (AvgIpc) is 2.86. The van der Waals surface area contributed by atoms with E-state index in [1.165, 1.54) is 24.3 Å². The molecule has 0 aliphatic carbocycles. The van der Waals surface area contributed by atoms with Gasteiger partial charge in [0.05, 0.1) is 25.8 Å². The summed E-state index contributed by atoms with van der Waals surface area (Å²) in [6.07, 6.45) is 0.603. The van der Waals surface area contributed by atoms with E-state index in [2.05, 4.69) is 0 Å². The Balaban J connectivity index is 1.63. The Hall–Kier alpha value is -3.87. The summed E-state index contributed by atoms with van der Waals surface area (Å²) in [6, 6.07) is 18.6. The van der Waals surface area contributed by atoms with E-state index in [4.69, 9.17) is 14.2 Å². The molecule has 3 aromatic carbocycles. The van der Waals surface area contributed by atoms with Crippen LogP contribution < -0.4 is 9.47 Å². The summed E-state index contributed by atoms with van der Waals surface area (Å²) in [5.74, 6) is -0.736. The van der Waals surface area contributed by atoms with Gasteiger partial charge in [0, 0.05) is 6.54 Å². The minimum Gasteiger partial charge on any atom is -0.493 e. The van der Waals surface area contributed by atoms with Crippen molar-refractivity contribution in [3.63, 3.8) is 0 Å². The maximum Gasteiger partial charge on any atom is 0.341 e. The first-order chi connectivity index (χ1) is 16.0. The number of halogens is 1. The van der Waals surface area contributed by atoms with Crippen LogP contribution in [-0.4, -0.2) is 44.1 Å². The molecular formula is C26H24FNO5. The molecule has 4 rings (SSSR count). The molecule has 1 aliphatic heterocycles. The predicted octanol–water partition coefficient (Wildman–Crippen LogP) is 4.17. The third kappa shape index (κ3) is 4.53. The molecule has 6 nitrogen and oxygen atoms in total. The highest BCUT2D eigenvalue weighted by molar-refractivity contribution is 5.91. The van der Waals surface area contributed by atoms with E-state index < -0.39 is 24.4 Å². The number of hydrogen-bond acceptors (Lipinski definition) is 5. The molecule has 170 valence electrons. The molecular weight excluding hydrogens is 425 g/mol. The Morgan fingerprint density at radius 2 is 1.64 bits per heavy atom. The van der Waals surface area contributed by atoms with E-state index >= 15 is 0 Å². The summed E-state index contributed by atoms with van der Waals surface area (Å²) in [5, 5.41) is 0. The molecule has 0 fully saturated rings. The third-order valence-corrected chi connectivity index (χ3v) is 5.73. The van der Waals surface area contributed by atoms with Crippen LogP contribution in [0.3, 0.4) is 0 Å². The van der Waals surface area contributed by atoms with Crippen LogP contribution in [0.15, 0.2) is 66.7 Å². The summed E-state index contributed by atoms with van der Waals surface area (Å²) in [7, 11) is 3.15. The van der Waals surface area contributed by atoms with Gasteiger partial charge in [-0.1, -0.05) is 42.5 Å². The largest absolute Gasteiger partial charge is 0.493 e. The van der Waals surface area contributed by atoms with E-state index in [9.17, 15) is 14.0 Å². The monoisotopic (exact) mass is 449 g/mol. The van der Waals surface area contributed by atoms with Gasteiger partial charge in [0.1, 0.15) is 5.82 Å². The number of rotatable bonds is 6. The summed E-state index contributed by atoms with van der Waals surface area (Å²) < 4.78 is 30.0. The lowest BCUT2D eigenvalue weighted by Crippen LogP contribution is -2.42. The Morgan fingerprint density at radius 3 is 2.33 bits per heavy atom. The van der Waals surface area contributed by atoms with Crippen molar-refractivity contribution >= 4 is 11.9 Å². The highest BCUT2D eigenvalue weighted by Crippen LogP contribution is 2.41. The van der Waals surface area contributed by atoms with Crippen molar-refractivity contribution in [2.75, 3.05) is 27.4 Å². The lowest BCUT2D eigenvalue weighted by molar-refractivity contribution is -0.136. The molecule has 0 aromatic heterocycles. The molecule has 0 N–H and O–H groups in total. The van der Waals surface area contributed by atoms with Crippen molar-refractivity contribution in [1.82, 2.24) is 4.90 Å². The lowest BCUT2D eigenvalue weighted by atomic mass is 9.87. The number of carbonyl (C=O) groups is 2. The molecule has 1 unspecified atom stereocenters. The van der Waals surface area contributed by atoms with Crippen LogP contribution in [0, 0.1) is 5.82 Å². The number of nitrogens with zero attached hydrogens (tertiary/aromatic N) is 1. The van der Waals surface area contributed by atoms with Gasteiger partial charge in [-0.15, -0.1) is 0 Å². The van der Waals surface area contributed by atoms with Crippen LogP contribution in [0.25, 0.3) is 0 Å². The van der Waals surface area contributed by atoms with Gasteiger partial charge >= 0.3 is 5.97 Å². The molecule has 0 bridgehead atoms. The lowest BCUT2D eigenvalue weighted by Gasteiger charge is -2.38. The maximum absolute atomic E-state index is 13.9. The SMILES string of the molecule is COc1cc2c(cc1OC)C(c1ccccc1)N(C(=O)COC(=O)c1ccccc1F)CC2. The Bertz CT molecular complexity index is 1160. The molecule has 0 saturated carbocycles. The molecule has 0 radical (unpaired) electrons. The standard InChI is InChI=1S/C26H24FNO5/c1-31-22-14-18-12-13-28(24(29)16-33-26(30)19-10-6-7-11-21(19)27)25(17-8-4-3-5-9-17)20(18)15-23(22)32-2/h3-11,14-15,25H,12-13,16H2,1-2H3. The van der Waals surface area contributed by atoms with E-state index in [1.54, 1.807) is 19.1 Å². The van der Waals surface area contributed by atoms with Crippen molar-refractivity contribution in [3.05, 3.63) is 94.8 Å². The van der Waals surface area contributed by atoms with Crippen molar-refractivity contribution in [2.45, 2.75) is 12.5 Å². The fourth-order valence-corrected chi connectivity index (χ4v) is 4.12. The number of ether oxygens (including phenoxy) is 3. The van der Waals surface area contributed by atoms with E-state index in [1.807, 2.05) is 42.5 Å². The zero-order valence-corrected chi connectivity index (χ0v) is 18.4. The highest BCUT2D eigenvalue weighted by atomic mass is 19.1. The van der Waals surface area contributed by atoms with Crippen LogP contribution in [0.1, 0.15) is 33.1 Å². The molecule has 0 saturated heterocycles. The van der Waals surface area contributed by atoms with Crippen LogP contribution in [0.5, 0.6) is 11.5 Å². The van der Waals surface area contributed by atoms with Gasteiger partial charge in [0.25, 0.3) is 5.91 Å². The second-order valence-corrected chi connectivity index (χ2v) is 7.61. The number of benzene rings is 3. The quantitative estimate of drug-likeness (QED) is 0.529. The smallest absolute Gasteiger partial charge is 0.341 e. The Labute approximate surface area is 191 Å². The second-order valence-electron chi connectivity index (χ2n) is 7.61. The van der Waals surface area contributed by atoms with Crippen LogP contribution in [0.2, 0.25) is 0 Å². The van der Waals surface area contributed by atoms with Gasteiger partial charge in [-0.3, -0.25) is 4.79 Å². The Kier molecular flexibility index (Phi) is 6.58. The van der Waals surface area contributed by atoms with Gasteiger partial charge < -0.3 is 19.1 Å². The molecule has 1 amide bonds.